The van der Waals surface area contributed by atoms with E-state index in [1.165, 1.54) is 36.8 Å². The van der Waals surface area contributed by atoms with E-state index in [1.54, 1.807) is 0 Å². The smallest absolute Gasteiger partial charge is 0.0876 e. The van der Waals surface area contributed by atoms with E-state index in [9.17, 15) is 0 Å². The lowest BCUT2D eigenvalue weighted by molar-refractivity contribution is -0.0626. The molecule has 2 nitrogen and oxygen atoms in total. The summed E-state index contributed by atoms with van der Waals surface area (Å²) < 4.78 is 6.27. The van der Waals surface area contributed by atoms with Crippen molar-refractivity contribution in [3.63, 3.8) is 0 Å². The van der Waals surface area contributed by atoms with Crippen molar-refractivity contribution >= 4 is 0 Å². The van der Waals surface area contributed by atoms with Gasteiger partial charge >= 0.3 is 0 Å². The van der Waals surface area contributed by atoms with Crippen LogP contribution in [-0.4, -0.2) is 18.8 Å². The van der Waals surface area contributed by atoms with Crippen molar-refractivity contribution in [2.24, 2.45) is 0 Å². The Labute approximate surface area is 123 Å². The molecule has 20 heavy (non-hydrogen) atoms. The SMILES string of the molecule is CCCNC(c1ccc(C)cc1)C1(OCC)CCCC1. The van der Waals surface area contributed by atoms with Gasteiger partial charge in [0, 0.05) is 6.61 Å². The molecule has 1 fully saturated rings. The summed E-state index contributed by atoms with van der Waals surface area (Å²) in [5, 5.41) is 3.75. The van der Waals surface area contributed by atoms with E-state index in [1.807, 2.05) is 0 Å². The molecule has 1 saturated carbocycles. The fraction of sp³-hybridized carbons (Fsp3) is 0.667. The molecular formula is C18H29NO. The summed E-state index contributed by atoms with van der Waals surface area (Å²) in [6.45, 7) is 8.34. The van der Waals surface area contributed by atoms with Gasteiger partial charge in [-0.3, -0.25) is 0 Å². The first-order chi connectivity index (χ1) is 9.72. The quantitative estimate of drug-likeness (QED) is 0.797. The Bertz CT molecular complexity index is 392. The van der Waals surface area contributed by atoms with Gasteiger partial charge in [0.05, 0.1) is 11.6 Å². The molecule has 0 amide bonds. The van der Waals surface area contributed by atoms with Crippen molar-refractivity contribution in [1.82, 2.24) is 5.32 Å². The van der Waals surface area contributed by atoms with Crippen molar-refractivity contribution in [2.75, 3.05) is 13.2 Å². The van der Waals surface area contributed by atoms with Crippen LogP contribution < -0.4 is 5.32 Å². The zero-order chi connectivity index (χ0) is 14.4. The van der Waals surface area contributed by atoms with Crippen molar-refractivity contribution < 1.29 is 4.74 Å². The summed E-state index contributed by atoms with van der Waals surface area (Å²) in [6.07, 6.45) is 6.09. The third-order valence-electron chi connectivity index (χ3n) is 4.42. The molecule has 1 N–H and O–H groups in total. The third kappa shape index (κ3) is 3.42. The summed E-state index contributed by atoms with van der Waals surface area (Å²) in [5.41, 5.74) is 2.69. The van der Waals surface area contributed by atoms with Gasteiger partial charge in [-0.1, -0.05) is 49.6 Å². The highest BCUT2D eigenvalue weighted by Gasteiger charge is 2.42. The van der Waals surface area contributed by atoms with Crippen LogP contribution in [0.2, 0.25) is 0 Å². The molecule has 2 heteroatoms. The number of hydrogen-bond acceptors (Lipinski definition) is 2. The van der Waals surface area contributed by atoms with E-state index in [0.29, 0.717) is 6.04 Å². The van der Waals surface area contributed by atoms with Crippen LogP contribution in [0.4, 0.5) is 0 Å². The van der Waals surface area contributed by atoms with Gasteiger partial charge in [-0.25, -0.2) is 0 Å². The normalized spacial score (nSPS) is 19.1. The molecule has 0 bridgehead atoms. The Morgan fingerprint density at radius 1 is 1.15 bits per heavy atom. The van der Waals surface area contributed by atoms with Gasteiger partial charge in [0.15, 0.2) is 0 Å². The molecule has 1 aliphatic carbocycles. The first-order valence-corrected chi connectivity index (χ1v) is 8.16. The molecule has 112 valence electrons. The standard InChI is InChI=1S/C18H29NO/c1-4-14-19-17(16-10-8-15(3)9-11-16)18(20-5-2)12-6-7-13-18/h8-11,17,19H,4-7,12-14H2,1-3H3. The van der Waals surface area contributed by atoms with Crippen LogP contribution in [0.15, 0.2) is 24.3 Å². The lowest BCUT2D eigenvalue weighted by Gasteiger charge is -2.38. The summed E-state index contributed by atoms with van der Waals surface area (Å²) in [5.74, 6) is 0. The number of ether oxygens (including phenoxy) is 1. The van der Waals surface area contributed by atoms with Crippen LogP contribution in [0.1, 0.15) is 63.1 Å². The average Bonchev–Trinajstić information content (AvgIpc) is 2.91. The van der Waals surface area contributed by atoms with Gasteiger partial charge in [0.25, 0.3) is 0 Å². The third-order valence-corrected chi connectivity index (χ3v) is 4.42. The fourth-order valence-corrected chi connectivity index (χ4v) is 3.43. The number of rotatable bonds is 7. The van der Waals surface area contributed by atoms with Crippen LogP contribution in [0.5, 0.6) is 0 Å². The molecule has 0 saturated heterocycles. The Kier molecular flexibility index (Phi) is 5.62. The Hall–Kier alpha value is -0.860. The molecule has 1 aliphatic rings. The lowest BCUT2D eigenvalue weighted by atomic mass is 9.86. The summed E-state index contributed by atoms with van der Waals surface area (Å²) in [7, 11) is 0. The molecule has 1 aromatic rings. The van der Waals surface area contributed by atoms with Crippen molar-refractivity contribution in [3.8, 4) is 0 Å². The second kappa shape index (κ2) is 7.24. The zero-order valence-electron chi connectivity index (χ0n) is 13.2. The molecule has 0 spiro atoms. The average molecular weight is 275 g/mol. The number of aryl methyl sites for hydroxylation is 1. The number of hydrogen-bond donors (Lipinski definition) is 1. The highest BCUT2D eigenvalue weighted by Crippen LogP contribution is 2.43. The zero-order valence-corrected chi connectivity index (χ0v) is 13.2. The molecule has 1 atom stereocenters. The minimum atomic E-state index is -0.000815. The molecular weight excluding hydrogens is 246 g/mol. The minimum absolute atomic E-state index is 0.000815. The van der Waals surface area contributed by atoms with Crippen LogP contribution in [-0.2, 0) is 4.74 Å². The molecule has 0 aliphatic heterocycles. The molecule has 1 unspecified atom stereocenters. The minimum Gasteiger partial charge on any atom is -0.373 e. The van der Waals surface area contributed by atoms with Gasteiger partial charge in [-0.2, -0.15) is 0 Å². The van der Waals surface area contributed by atoms with Gasteiger partial charge in [-0.15, -0.1) is 0 Å². The molecule has 1 aromatic carbocycles. The first-order valence-electron chi connectivity index (χ1n) is 8.16. The van der Waals surface area contributed by atoms with Gasteiger partial charge in [-0.05, 0) is 45.2 Å². The predicted octanol–water partition coefficient (Wildman–Crippen LogP) is 4.39. The van der Waals surface area contributed by atoms with E-state index in [-0.39, 0.29) is 5.60 Å². The fourth-order valence-electron chi connectivity index (χ4n) is 3.43. The van der Waals surface area contributed by atoms with E-state index < -0.39 is 0 Å². The maximum absolute atomic E-state index is 6.27. The molecule has 2 rings (SSSR count). The van der Waals surface area contributed by atoms with Crippen molar-refractivity contribution in [2.45, 2.75) is 64.5 Å². The van der Waals surface area contributed by atoms with Gasteiger partial charge in [0.1, 0.15) is 0 Å². The van der Waals surface area contributed by atoms with E-state index in [0.717, 1.165) is 19.6 Å². The van der Waals surface area contributed by atoms with E-state index >= 15 is 0 Å². The molecule has 0 heterocycles. The number of benzene rings is 1. The summed E-state index contributed by atoms with van der Waals surface area (Å²) in [4.78, 5) is 0. The maximum atomic E-state index is 6.27. The molecule has 0 radical (unpaired) electrons. The van der Waals surface area contributed by atoms with Crippen LogP contribution >= 0.6 is 0 Å². The van der Waals surface area contributed by atoms with Gasteiger partial charge in [0.2, 0.25) is 0 Å². The maximum Gasteiger partial charge on any atom is 0.0876 e. The highest BCUT2D eigenvalue weighted by atomic mass is 16.5. The summed E-state index contributed by atoms with van der Waals surface area (Å²) in [6, 6.07) is 9.28. The van der Waals surface area contributed by atoms with Gasteiger partial charge < -0.3 is 10.1 Å². The topological polar surface area (TPSA) is 21.3 Å². The van der Waals surface area contributed by atoms with E-state index in [2.05, 4.69) is 50.4 Å². The van der Waals surface area contributed by atoms with Crippen LogP contribution in [0.3, 0.4) is 0 Å². The number of nitrogens with one attached hydrogen (secondary N) is 1. The predicted molar refractivity (Wildman–Crippen MR) is 85.0 cm³/mol. The summed E-state index contributed by atoms with van der Waals surface area (Å²) >= 11 is 0. The lowest BCUT2D eigenvalue weighted by Crippen LogP contribution is -2.44. The second-order valence-corrected chi connectivity index (χ2v) is 6.00. The van der Waals surface area contributed by atoms with Crippen LogP contribution in [0, 0.1) is 6.92 Å². The Morgan fingerprint density at radius 2 is 1.80 bits per heavy atom. The van der Waals surface area contributed by atoms with E-state index in [4.69, 9.17) is 4.74 Å². The second-order valence-electron chi connectivity index (χ2n) is 6.00. The van der Waals surface area contributed by atoms with Crippen LogP contribution in [0.25, 0.3) is 0 Å². The van der Waals surface area contributed by atoms with Crippen molar-refractivity contribution in [1.29, 1.82) is 0 Å². The Morgan fingerprint density at radius 3 is 2.35 bits per heavy atom. The Balaban J connectivity index is 2.27. The first kappa shape index (κ1) is 15.5. The largest absolute Gasteiger partial charge is 0.373 e. The molecule has 0 aromatic heterocycles. The monoisotopic (exact) mass is 275 g/mol. The van der Waals surface area contributed by atoms with Crippen molar-refractivity contribution in [3.05, 3.63) is 35.4 Å². The highest BCUT2D eigenvalue weighted by molar-refractivity contribution is 5.27.